The number of hydrogen-bond acceptors (Lipinski definition) is 3. The SMILES string of the molecule is COCCOc1cc(C)ncc1Br. The standard InChI is InChI=1S/C9H12BrNO2/c1-7-5-9(8(10)6-11-7)13-4-3-12-2/h5-6H,3-4H2,1-2H3. The summed E-state index contributed by atoms with van der Waals surface area (Å²) in [5, 5.41) is 0. The quantitative estimate of drug-likeness (QED) is 0.763. The van der Waals surface area contributed by atoms with Crippen LogP contribution in [0.2, 0.25) is 0 Å². The van der Waals surface area contributed by atoms with Crippen molar-refractivity contribution in [3.63, 3.8) is 0 Å². The molecule has 1 aromatic rings. The minimum atomic E-state index is 0.554. The molecule has 0 aliphatic heterocycles. The minimum Gasteiger partial charge on any atom is -0.490 e. The Morgan fingerprint density at radius 1 is 1.46 bits per heavy atom. The average Bonchev–Trinajstić information content (AvgIpc) is 2.11. The molecular weight excluding hydrogens is 234 g/mol. The van der Waals surface area contributed by atoms with E-state index in [1.54, 1.807) is 13.3 Å². The molecule has 0 radical (unpaired) electrons. The van der Waals surface area contributed by atoms with Crippen LogP contribution in [0.25, 0.3) is 0 Å². The Kier molecular flexibility index (Phi) is 4.18. The van der Waals surface area contributed by atoms with Crippen molar-refractivity contribution in [3.05, 3.63) is 22.4 Å². The van der Waals surface area contributed by atoms with Gasteiger partial charge in [0.1, 0.15) is 12.4 Å². The predicted molar refractivity (Wildman–Crippen MR) is 54.0 cm³/mol. The van der Waals surface area contributed by atoms with Gasteiger partial charge in [-0.15, -0.1) is 0 Å². The molecule has 0 bridgehead atoms. The largest absolute Gasteiger partial charge is 0.490 e. The van der Waals surface area contributed by atoms with E-state index in [2.05, 4.69) is 20.9 Å². The van der Waals surface area contributed by atoms with Gasteiger partial charge in [-0.2, -0.15) is 0 Å². The third kappa shape index (κ3) is 3.32. The maximum Gasteiger partial charge on any atom is 0.136 e. The molecule has 0 atom stereocenters. The van der Waals surface area contributed by atoms with Crippen molar-refractivity contribution in [2.24, 2.45) is 0 Å². The zero-order chi connectivity index (χ0) is 9.68. The zero-order valence-corrected chi connectivity index (χ0v) is 9.30. The number of hydrogen-bond donors (Lipinski definition) is 0. The molecular formula is C9H12BrNO2. The lowest BCUT2D eigenvalue weighted by Crippen LogP contribution is -2.04. The topological polar surface area (TPSA) is 31.4 Å². The van der Waals surface area contributed by atoms with Crippen molar-refractivity contribution >= 4 is 15.9 Å². The maximum absolute atomic E-state index is 5.45. The Morgan fingerprint density at radius 3 is 2.92 bits per heavy atom. The highest BCUT2D eigenvalue weighted by atomic mass is 79.9. The molecule has 0 N–H and O–H groups in total. The van der Waals surface area contributed by atoms with E-state index >= 15 is 0 Å². The molecule has 0 unspecified atom stereocenters. The maximum atomic E-state index is 5.45. The smallest absolute Gasteiger partial charge is 0.136 e. The Balaban J connectivity index is 2.59. The Bertz CT molecular complexity index is 278. The van der Waals surface area contributed by atoms with E-state index in [1.807, 2.05) is 13.0 Å². The molecule has 3 nitrogen and oxygen atoms in total. The fraction of sp³-hybridized carbons (Fsp3) is 0.444. The van der Waals surface area contributed by atoms with Crippen LogP contribution in [0.1, 0.15) is 5.69 Å². The van der Waals surface area contributed by atoms with Gasteiger partial charge in [0.05, 0.1) is 11.1 Å². The van der Waals surface area contributed by atoms with Gasteiger partial charge in [0.15, 0.2) is 0 Å². The van der Waals surface area contributed by atoms with Gasteiger partial charge in [-0.25, -0.2) is 0 Å². The second-order valence-corrected chi connectivity index (χ2v) is 3.45. The van der Waals surface area contributed by atoms with Gasteiger partial charge >= 0.3 is 0 Å². The molecule has 0 saturated heterocycles. The highest BCUT2D eigenvalue weighted by Crippen LogP contribution is 2.23. The molecule has 0 aromatic carbocycles. The van der Waals surface area contributed by atoms with E-state index in [0.29, 0.717) is 13.2 Å². The van der Waals surface area contributed by atoms with E-state index in [-0.39, 0.29) is 0 Å². The fourth-order valence-corrected chi connectivity index (χ4v) is 1.19. The van der Waals surface area contributed by atoms with Crippen LogP contribution in [0.3, 0.4) is 0 Å². The summed E-state index contributed by atoms with van der Waals surface area (Å²) in [5.74, 6) is 0.810. The summed E-state index contributed by atoms with van der Waals surface area (Å²) < 4.78 is 11.2. The lowest BCUT2D eigenvalue weighted by molar-refractivity contribution is 0.146. The summed E-state index contributed by atoms with van der Waals surface area (Å²) in [7, 11) is 1.65. The first-order chi connectivity index (χ1) is 6.24. The molecule has 4 heteroatoms. The summed E-state index contributed by atoms with van der Waals surface area (Å²) in [4.78, 5) is 4.11. The van der Waals surface area contributed by atoms with Crippen molar-refractivity contribution < 1.29 is 9.47 Å². The van der Waals surface area contributed by atoms with Gasteiger partial charge in [-0.05, 0) is 22.9 Å². The van der Waals surface area contributed by atoms with E-state index in [0.717, 1.165) is 15.9 Å². The summed E-state index contributed by atoms with van der Waals surface area (Å²) in [6.45, 7) is 3.07. The molecule has 0 spiro atoms. The average molecular weight is 246 g/mol. The number of ether oxygens (including phenoxy) is 2. The van der Waals surface area contributed by atoms with E-state index in [4.69, 9.17) is 9.47 Å². The molecule has 72 valence electrons. The molecule has 1 rings (SSSR count). The first kappa shape index (κ1) is 10.5. The lowest BCUT2D eigenvalue weighted by Gasteiger charge is -2.07. The highest BCUT2D eigenvalue weighted by molar-refractivity contribution is 9.10. The number of halogens is 1. The number of rotatable bonds is 4. The van der Waals surface area contributed by atoms with Crippen LogP contribution in [0.4, 0.5) is 0 Å². The van der Waals surface area contributed by atoms with Gasteiger partial charge in [0, 0.05) is 25.1 Å². The van der Waals surface area contributed by atoms with Gasteiger partial charge in [0.25, 0.3) is 0 Å². The Morgan fingerprint density at radius 2 is 2.23 bits per heavy atom. The molecule has 13 heavy (non-hydrogen) atoms. The fourth-order valence-electron chi connectivity index (χ4n) is 0.864. The Hall–Kier alpha value is -0.610. The van der Waals surface area contributed by atoms with E-state index < -0.39 is 0 Å². The summed E-state index contributed by atoms with van der Waals surface area (Å²) in [5.41, 5.74) is 0.940. The Labute approximate surface area is 86.2 Å². The van der Waals surface area contributed by atoms with Crippen LogP contribution in [0.5, 0.6) is 5.75 Å². The van der Waals surface area contributed by atoms with Crippen molar-refractivity contribution in [1.82, 2.24) is 4.98 Å². The predicted octanol–water partition coefficient (Wildman–Crippen LogP) is 2.18. The van der Waals surface area contributed by atoms with Gasteiger partial charge in [-0.1, -0.05) is 0 Å². The van der Waals surface area contributed by atoms with Crippen LogP contribution in [-0.4, -0.2) is 25.3 Å². The summed E-state index contributed by atoms with van der Waals surface area (Å²) >= 11 is 3.35. The van der Waals surface area contributed by atoms with Crippen LogP contribution < -0.4 is 4.74 Å². The van der Waals surface area contributed by atoms with Gasteiger partial charge in [0.2, 0.25) is 0 Å². The lowest BCUT2D eigenvalue weighted by atomic mass is 10.3. The third-order valence-corrected chi connectivity index (χ3v) is 2.10. The first-order valence-corrected chi connectivity index (χ1v) is 4.77. The normalized spacial score (nSPS) is 10.1. The summed E-state index contributed by atoms with van der Waals surface area (Å²) in [6, 6.07) is 1.89. The third-order valence-electron chi connectivity index (χ3n) is 1.50. The number of methoxy groups -OCH3 is 1. The zero-order valence-electron chi connectivity index (χ0n) is 7.71. The second kappa shape index (κ2) is 5.19. The van der Waals surface area contributed by atoms with Gasteiger partial charge in [-0.3, -0.25) is 4.98 Å². The molecule has 0 aliphatic carbocycles. The number of aryl methyl sites for hydroxylation is 1. The molecule has 0 aliphatic rings. The number of nitrogens with zero attached hydrogens (tertiary/aromatic N) is 1. The molecule has 0 saturated carbocycles. The van der Waals surface area contributed by atoms with Crippen LogP contribution in [0.15, 0.2) is 16.7 Å². The van der Waals surface area contributed by atoms with E-state index in [9.17, 15) is 0 Å². The highest BCUT2D eigenvalue weighted by Gasteiger charge is 2.01. The minimum absolute atomic E-state index is 0.554. The monoisotopic (exact) mass is 245 g/mol. The molecule has 0 amide bonds. The van der Waals surface area contributed by atoms with Crippen molar-refractivity contribution in [1.29, 1.82) is 0 Å². The van der Waals surface area contributed by atoms with Crippen LogP contribution in [-0.2, 0) is 4.74 Å². The van der Waals surface area contributed by atoms with Crippen LogP contribution >= 0.6 is 15.9 Å². The second-order valence-electron chi connectivity index (χ2n) is 2.60. The summed E-state index contributed by atoms with van der Waals surface area (Å²) in [6.07, 6.45) is 1.73. The van der Waals surface area contributed by atoms with E-state index in [1.165, 1.54) is 0 Å². The van der Waals surface area contributed by atoms with Crippen molar-refractivity contribution in [3.8, 4) is 5.75 Å². The number of aromatic nitrogens is 1. The molecule has 0 fully saturated rings. The number of pyridine rings is 1. The van der Waals surface area contributed by atoms with Crippen molar-refractivity contribution in [2.45, 2.75) is 6.92 Å². The molecule has 1 heterocycles. The molecule has 1 aromatic heterocycles. The van der Waals surface area contributed by atoms with Gasteiger partial charge < -0.3 is 9.47 Å². The van der Waals surface area contributed by atoms with Crippen LogP contribution in [0, 0.1) is 6.92 Å². The first-order valence-electron chi connectivity index (χ1n) is 3.98. The van der Waals surface area contributed by atoms with Crippen molar-refractivity contribution in [2.75, 3.05) is 20.3 Å².